The molecule has 0 bridgehead atoms. The number of hydrogen-bond donors (Lipinski definition) is 1. The Labute approximate surface area is 91.1 Å². The van der Waals surface area contributed by atoms with Gasteiger partial charge in [-0.15, -0.1) is 11.3 Å². The summed E-state index contributed by atoms with van der Waals surface area (Å²) in [5.41, 5.74) is -0.0359. The first-order chi connectivity index (χ1) is 6.59. The van der Waals surface area contributed by atoms with E-state index in [0.29, 0.717) is 14.6 Å². The molecule has 0 aliphatic rings. The van der Waals surface area contributed by atoms with Gasteiger partial charge in [0, 0.05) is 25.5 Å². The summed E-state index contributed by atoms with van der Waals surface area (Å²) >= 11 is 4.41. The minimum Gasteiger partial charge on any atom is -0.506 e. The van der Waals surface area contributed by atoms with Crippen LogP contribution >= 0.6 is 27.3 Å². The lowest BCUT2D eigenvalue weighted by Crippen LogP contribution is -1.83. The number of benzene rings is 1. The highest BCUT2D eigenvalue weighted by Gasteiger charge is 2.13. The van der Waals surface area contributed by atoms with Crippen molar-refractivity contribution in [3.8, 4) is 5.75 Å². The van der Waals surface area contributed by atoms with Crippen molar-refractivity contribution in [3.63, 3.8) is 0 Å². The fourth-order valence-corrected chi connectivity index (χ4v) is 2.95. The molecule has 0 amide bonds. The van der Waals surface area contributed by atoms with Gasteiger partial charge in [0.25, 0.3) is 6.43 Å². The Kier molecular flexibility index (Phi) is 2.45. The molecule has 0 fully saturated rings. The second kappa shape index (κ2) is 3.47. The number of rotatable bonds is 1. The van der Waals surface area contributed by atoms with E-state index in [1.54, 1.807) is 0 Å². The minimum absolute atomic E-state index is 0.0359. The Bertz CT molecular complexity index is 481. The molecule has 0 aliphatic heterocycles. The monoisotopic (exact) mass is 278 g/mol. The Balaban J connectivity index is 2.74. The maximum Gasteiger partial charge on any atom is 0.263 e. The molecule has 1 heterocycles. The van der Waals surface area contributed by atoms with Crippen LogP contribution in [0.25, 0.3) is 10.1 Å². The van der Waals surface area contributed by atoms with Gasteiger partial charge in [0.05, 0.1) is 0 Å². The fourth-order valence-electron chi connectivity index (χ4n) is 1.25. The summed E-state index contributed by atoms with van der Waals surface area (Å²) in [6, 6.07) is 2.73. The van der Waals surface area contributed by atoms with Gasteiger partial charge in [-0.1, -0.05) is 0 Å². The van der Waals surface area contributed by atoms with E-state index in [1.165, 1.54) is 28.8 Å². The molecule has 1 aromatic heterocycles. The van der Waals surface area contributed by atoms with E-state index in [1.807, 2.05) is 0 Å². The van der Waals surface area contributed by atoms with E-state index in [-0.39, 0.29) is 11.3 Å². The first kappa shape index (κ1) is 9.86. The van der Waals surface area contributed by atoms with Crippen molar-refractivity contribution in [2.45, 2.75) is 6.43 Å². The average Bonchev–Trinajstić information content (AvgIpc) is 2.48. The van der Waals surface area contributed by atoms with E-state index in [4.69, 9.17) is 0 Å². The Morgan fingerprint density at radius 1 is 1.36 bits per heavy atom. The summed E-state index contributed by atoms with van der Waals surface area (Å²) in [4.78, 5) is 0. The zero-order chi connectivity index (χ0) is 10.3. The normalized spacial score (nSPS) is 11.4. The zero-order valence-corrected chi connectivity index (χ0v) is 9.20. The third kappa shape index (κ3) is 1.50. The molecular formula is C9H5BrF2OS. The third-order valence-corrected chi connectivity index (χ3v) is 3.42. The first-order valence-electron chi connectivity index (χ1n) is 3.77. The standard InChI is InChI=1S/C9H5BrF2OS/c10-5-1-4(9(11)12)2-7-8(5)6(13)3-14-7/h1-3,9,13H. The molecule has 2 rings (SSSR count). The van der Waals surface area contributed by atoms with Crippen molar-refractivity contribution in [2.75, 3.05) is 0 Å². The molecule has 2 aromatic rings. The Hall–Kier alpha value is -0.680. The zero-order valence-electron chi connectivity index (χ0n) is 6.80. The van der Waals surface area contributed by atoms with Crippen molar-refractivity contribution in [3.05, 3.63) is 27.5 Å². The average molecular weight is 279 g/mol. The van der Waals surface area contributed by atoms with E-state index >= 15 is 0 Å². The predicted molar refractivity (Wildman–Crippen MR) is 56.1 cm³/mol. The number of aromatic hydroxyl groups is 1. The van der Waals surface area contributed by atoms with Crippen molar-refractivity contribution >= 4 is 37.4 Å². The molecule has 0 atom stereocenters. The van der Waals surface area contributed by atoms with Crippen LogP contribution in [0.3, 0.4) is 0 Å². The lowest BCUT2D eigenvalue weighted by Gasteiger charge is -2.01. The van der Waals surface area contributed by atoms with Gasteiger partial charge in [-0.05, 0) is 28.1 Å². The van der Waals surface area contributed by atoms with Crippen LogP contribution in [0.1, 0.15) is 12.0 Å². The van der Waals surface area contributed by atoms with Crippen LogP contribution in [0.5, 0.6) is 5.75 Å². The molecule has 0 radical (unpaired) electrons. The van der Waals surface area contributed by atoms with E-state index in [0.717, 1.165) is 0 Å². The quantitative estimate of drug-likeness (QED) is 0.824. The van der Waals surface area contributed by atoms with E-state index < -0.39 is 6.43 Å². The molecule has 0 aliphatic carbocycles. The fraction of sp³-hybridized carbons (Fsp3) is 0.111. The van der Waals surface area contributed by atoms with Crippen LogP contribution in [0, 0.1) is 0 Å². The van der Waals surface area contributed by atoms with Gasteiger partial charge >= 0.3 is 0 Å². The second-order valence-corrected chi connectivity index (χ2v) is 4.56. The molecule has 0 spiro atoms. The smallest absolute Gasteiger partial charge is 0.263 e. The van der Waals surface area contributed by atoms with Crippen molar-refractivity contribution in [2.24, 2.45) is 0 Å². The third-order valence-electron chi connectivity index (χ3n) is 1.88. The minimum atomic E-state index is -2.49. The predicted octanol–water partition coefficient (Wildman–Crippen LogP) is 4.31. The Morgan fingerprint density at radius 3 is 2.71 bits per heavy atom. The van der Waals surface area contributed by atoms with Crippen LogP contribution in [0.4, 0.5) is 8.78 Å². The summed E-state index contributed by atoms with van der Waals surface area (Å²) < 4.78 is 26.0. The molecular weight excluding hydrogens is 274 g/mol. The van der Waals surface area contributed by atoms with Gasteiger partial charge in [0.15, 0.2) is 0 Å². The van der Waals surface area contributed by atoms with Gasteiger partial charge in [-0.25, -0.2) is 8.78 Å². The molecule has 0 unspecified atom stereocenters. The highest BCUT2D eigenvalue weighted by molar-refractivity contribution is 9.10. The molecule has 0 saturated carbocycles. The lowest BCUT2D eigenvalue weighted by molar-refractivity contribution is 0.151. The highest BCUT2D eigenvalue weighted by atomic mass is 79.9. The second-order valence-electron chi connectivity index (χ2n) is 2.80. The summed E-state index contributed by atoms with van der Waals surface area (Å²) in [6.45, 7) is 0. The molecule has 1 nitrogen and oxygen atoms in total. The van der Waals surface area contributed by atoms with Crippen LogP contribution in [-0.4, -0.2) is 5.11 Å². The van der Waals surface area contributed by atoms with Crippen molar-refractivity contribution < 1.29 is 13.9 Å². The van der Waals surface area contributed by atoms with E-state index in [2.05, 4.69) is 15.9 Å². The van der Waals surface area contributed by atoms with Gasteiger partial charge in [-0.3, -0.25) is 0 Å². The summed E-state index contributed by atoms with van der Waals surface area (Å²) in [5.74, 6) is 0.123. The summed E-state index contributed by atoms with van der Waals surface area (Å²) in [7, 11) is 0. The molecule has 5 heteroatoms. The van der Waals surface area contributed by atoms with E-state index in [9.17, 15) is 13.9 Å². The summed E-state index contributed by atoms with van der Waals surface area (Å²) in [6.07, 6.45) is -2.49. The molecule has 0 saturated heterocycles. The lowest BCUT2D eigenvalue weighted by atomic mass is 10.2. The van der Waals surface area contributed by atoms with Crippen molar-refractivity contribution in [1.82, 2.24) is 0 Å². The SMILES string of the molecule is Oc1csc2cc(C(F)F)cc(Br)c12. The number of hydrogen-bond acceptors (Lipinski definition) is 2. The van der Waals surface area contributed by atoms with Crippen molar-refractivity contribution in [1.29, 1.82) is 0 Å². The van der Waals surface area contributed by atoms with Crippen LogP contribution in [-0.2, 0) is 0 Å². The molecule has 1 aromatic carbocycles. The number of halogens is 3. The van der Waals surface area contributed by atoms with Crippen LogP contribution < -0.4 is 0 Å². The highest BCUT2D eigenvalue weighted by Crippen LogP contribution is 2.39. The first-order valence-corrected chi connectivity index (χ1v) is 5.44. The van der Waals surface area contributed by atoms with Crippen LogP contribution in [0.15, 0.2) is 22.0 Å². The number of alkyl halides is 2. The van der Waals surface area contributed by atoms with Gasteiger partial charge < -0.3 is 5.11 Å². The number of thiophene rings is 1. The molecule has 14 heavy (non-hydrogen) atoms. The Morgan fingerprint density at radius 2 is 2.07 bits per heavy atom. The molecule has 1 N–H and O–H groups in total. The van der Waals surface area contributed by atoms with Gasteiger partial charge in [-0.2, -0.15) is 0 Å². The van der Waals surface area contributed by atoms with Crippen LogP contribution in [0.2, 0.25) is 0 Å². The topological polar surface area (TPSA) is 20.2 Å². The summed E-state index contributed by atoms with van der Waals surface area (Å²) in [5, 5.41) is 11.5. The maximum atomic E-state index is 12.4. The largest absolute Gasteiger partial charge is 0.506 e. The number of fused-ring (bicyclic) bond motifs is 1. The maximum absolute atomic E-state index is 12.4. The van der Waals surface area contributed by atoms with Gasteiger partial charge in [0.1, 0.15) is 5.75 Å². The van der Waals surface area contributed by atoms with Gasteiger partial charge in [0.2, 0.25) is 0 Å². The molecule has 74 valence electrons.